The van der Waals surface area contributed by atoms with E-state index >= 15 is 0 Å². The number of aryl methyl sites for hydroxylation is 1. The number of hydrogen-bond donors (Lipinski definition) is 1. The molecular formula is C21H22O3. The molecule has 0 aliphatic heterocycles. The van der Waals surface area contributed by atoms with Gasteiger partial charge in [-0.15, -0.1) is 0 Å². The Hall–Kier alpha value is -2.55. The second-order valence-corrected chi connectivity index (χ2v) is 6.18. The summed E-state index contributed by atoms with van der Waals surface area (Å²) in [6, 6.07) is 14.7. The molecule has 2 aromatic carbocycles. The monoisotopic (exact) mass is 322 g/mol. The molecule has 3 nitrogen and oxygen atoms in total. The number of fused-ring (bicyclic) bond motifs is 1. The molecule has 0 saturated carbocycles. The zero-order valence-electron chi connectivity index (χ0n) is 13.9. The second-order valence-electron chi connectivity index (χ2n) is 6.18. The van der Waals surface area contributed by atoms with Gasteiger partial charge >= 0.3 is 5.63 Å². The summed E-state index contributed by atoms with van der Waals surface area (Å²) >= 11 is 0. The van der Waals surface area contributed by atoms with Crippen LogP contribution < -0.4 is 5.63 Å². The number of aromatic hydroxyl groups is 1. The Morgan fingerprint density at radius 1 is 0.958 bits per heavy atom. The molecule has 0 aliphatic rings. The summed E-state index contributed by atoms with van der Waals surface area (Å²) in [6.07, 6.45) is 6.07. The average molecular weight is 322 g/mol. The maximum Gasteiger partial charge on any atom is 0.344 e. The van der Waals surface area contributed by atoms with E-state index < -0.39 is 0 Å². The van der Waals surface area contributed by atoms with Crippen molar-refractivity contribution in [1.29, 1.82) is 0 Å². The number of hydrogen-bond acceptors (Lipinski definition) is 3. The lowest BCUT2D eigenvalue weighted by Gasteiger charge is -2.05. The van der Waals surface area contributed by atoms with Crippen molar-refractivity contribution in [3.8, 4) is 16.9 Å². The van der Waals surface area contributed by atoms with Crippen LogP contribution in [0.2, 0.25) is 0 Å². The van der Waals surface area contributed by atoms with E-state index in [9.17, 15) is 9.90 Å². The van der Waals surface area contributed by atoms with E-state index in [4.69, 9.17) is 4.42 Å². The molecule has 124 valence electrons. The highest BCUT2D eigenvalue weighted by molar-refractivity contribution is 5.82. The van der Waals surface area contributed by atoms with Crippen molar-refractivity contribution in [2.24, 2.45) is 0 Å². The minimum atomic E-state index is -0.385. The van der Waals surface area contributed by atoms with Gasteiger partial charge in [0, 0.05) is 11.5 Å². The summed E-state index contributed by atoms with van der Waals surface area (Å²) in [5.41, 5.74) is 2.71. The van der Waals surface area contributed by atoms with Gasteiger partial charge in [-0.25, -0.2) is 4.79 Å². The molecule has 3 rings (SSSR count). The first-order valence-electron chi connectivity index (χ1n) is 8.53. The standard InChI is InChI=1S/C21H22O3/c1-2-3-4-5-6-15-7-9-16(10-8-15)19-13-17-11-12-18(22)14-20(17)24-21(19)23/h7-14,22H,2-6H2,1H3. The van der Waals surface area contributed by atoms with Crippen molar-refractivity contribution < 1.29 is 9.52 Å². The highest BCUT2D eigenvalue weighted by atomic mass is 16.4. The maximum atomic E-state index is 12.2. The van der Waals surface area contributed by atoms with Crippen LogP contribution in [0.3, 0.4) is 0 Å². The van der Waals surface area contributed by atoms with Gasteiger partial charge < -0.3 is 9.52 Å². The lowest BCUT2D eigenvalue weighted by Crippen LogP contribution is -2.02. The molecule has 3 aromatic rings. The Balaban J connectivity index is 1.83. The van der Waals surface area contributed by atoms with Crippen LogP contribution >= 0.6 is 0 Å². The predicted octanol–water partition coefficient (Wildman–Crippen LogP) is 5.29. The van der Waals surface area contributed by atoms with Crippen LogP contribution in [0, 0.1) is 0 Å². The molecule has 3 heteroatoms. The van der Waals surface area contributed by atoms with Crippen LogP contribution in [-0.4, -0.2) is 5.11 Å². The van der Waals surface area contributed by atoms with Gasteiger partial charge in [0.15, 0.2) is 0 Å². The average Bonchev–Trinajstić information content (AvgIpc) is 2.59. The van der Waals surface area contributed by atoms with Crippen LogP contribution in [0.1, 0.15) is 38.2 Å². The van der Waals surface area contributed by atoms with Crippen LogP contribution in [0.15, 0.2) is 57.7 Å². The van der Waals surface area contributed by atoms with E-state index in [1.165, 1.54) is 37.3 Å². The molecule has 1 heterocycles. The first kappa shape index (κ1) is 16.3. The van der Waals surface area contributed by atoms with Gasteiger partial charge in [-0.2, -0.15) is 0 Å². The summed E-state index contributed by atoms with van der Waals surface area (Å²) in [5, 5.41) is 10.3. The second kappa shape index (κ2) is 7.35. The molecule has 0 fully saturated rings. The molecule has 0 aliphatic carbocycles. The summed E-state index contributed by atoms with van der Waals surface area (Å²) < 4.78 is 5.33. The lowest BCUT2D eigenvalue weighted by atomic mass is 10.0. The molecule has 1 aromatic heterocycles. The van der Waals surface area contributed by atoms with Crippen LogP contribution in [0.5, 0.6) is 5.75 Å². The van der Waals surface area contributed by atoms with E-state index in [1.807, 2.05) is 18.2 Å². The Labute approximate surface area is 141 Å². The zero-order chi connectivity index (χ0) is 16.9. The highest BCUT2D eigenvalue weighted by Crippen LogP contribution is 2.24. The van der Waals surface area contributed by atoms with Crippen molar-refractivity contribution in [1.82, 2.24) is 0 Å². The van der Waals surface area contributed by atoms with Crippen molar-refractivity contribution in [3.63, 3.8) is 0 Å². The maximum absolute atomic E-state index is 12.2. The fourth-order valence-electron chi connectivity index (χ4n) is 2.91. The van der Waals surface area contributed by atoms with E-state index in [-0.39, 0.29) is 11.4 Å². The normalized spacial score (nSPS) is 11.0. The Morgan fingerprint density at radius 3 is 2.50 bits per heavy atom. The van der Waals surface area contributed by atoms with E-state index in [2.05, 4.69) is 19.1 Å². The van der Waals surface area contributed by atoms with Crippen molar-refractivity contribution in [2.75, 3.05) is 0 Å². The van der Waals surface area contributed by atoms with Gasteiger partial charge in [-0.3, -0.25) is 0 Å². The van der Waals surface area contributed by atoms with Gasteiger partial charge in [0.1, 0.15) is 11.3 Å². The Bertz CT molecular complexity index is 876. The smallest absolute Gasteiger partial charge is 0.344 e. The highest BCUT2D eigenvalue weighted by Gasteiger charge is 2.08. The molecule has 0 bridgehead atoms. The van der Waals surface area contributed by atoms with Gasteiger partial charge in [-0.05, 0) is 42.2 Å². The molecule has 0 saturated heterocycles. The third-order valence-electron chi connectivity index (χ3n) is 4.30. The number of benzene rings is 2. The SMILES string of the molecule is CCCCCCc1ccc(-c2cc3ccc(O)cc3oc2=O)cc1. The minimum Gasteiger partial charge on any atom is -0.508 e. The minimum absolute atomic E-state index is 0.0887. The molecule has 1 N–H and O–H groups in total. The number of phenols is 1. The van der Waals surface area contributed by atoms with Crippen LogP contribution in [0.25, 0.3) is 22.1 Å². The summed E-state index contributed by atoms with van der Waals surface area (Å²) in [4.78, 5) is 12.2. The Kier molecular flexibility index (Phi) is 4.99. The number of rotatable bonds is 6. The first-order chi connectivity index (χ1) is 11.7. The fourth-order valence-corrected chi connectivity index (χ4v) is 2.91. The molecule has 0 atom stereocenters. The summed E-state index contributed by atoms with van der Waals surface area (Å²) in [6.45, 7) is 2.21. The van der Waals surface area contributed by atoms with Crippen LogP contribution in [0.4, 0.5) is 0 Å². The van der Waals surface area contributed by atoms with Gasteiger partial charge in [0.05, 0.1) is 5.56 Å². The Morgan fingerprint density at radius 2 is 1.75 bits per heavy atom. The predicted molar refractivity (Wildman–Crippen MR) is 97.4 cm³/mol. The summed E-state index contributed by atoms with van der Waals surface area (Å²) in [7, 11) is 0. The molecule has 24 heavy (non-hydrogen) atoms. The quantitative estimate of drug-likeness (QED) is 0.495. The summed E-state index contributed by atoms with van der Waals surface area (Å²) in [5.74, 6) is 0.0887. The number of phenolic OH excluding ortho intramolecular Hbond substituents is 1. The zero-order valence-corrected chi connectivity index (χ0v) is 13.9. The third kappa shape index (κ3) is 3.67. The van der Waals surface area contributed by atoms with E-state index in [1.54, 1.807) is 12.1 Å². The third-order valence-corrected chi connectivity index (χ3v) is 4.30. The topological polar surface area (TPSA) is 50.4 Å². The van der Waals surface area contributed by atoms with E-state index in [0.717, 1.165) is 17.4 Å². The largest absolute Gasteiger partial charge is 0.508 e. The molecular weight excluding hydrogens is 300 g/mol. The van der Waals surface area contributed by atoms with Crippen molar-refractivity contribution >= 4 is 11.0 Å². The van der Waals surface area contributed by atoms with Crippen molar-refractivity contribution in [2.45, 2.75) is 39.0 Å². The van der Waals surface area contributed by atoms with Gasteiger partial charge in [-0.1, -0.05) is 50.5 Å². The van der Waals surface area contributed by atoms with Gasteiger partial charge in [0.2, 0.25) is 0 Å². The first-order valence-corrected chi connectivity index (χ1v) is 8.53. The lowest BCUT2D eigenvalue weighted by molar-refractivity contribution is 0.473. The molecule has 0 spiro atoms. The molecule has 0 radical (unpaired) electrons. The number of unbranched alkanes of at least 4 members (excludes halogenated alkanes) is 3. The fraction of sp³-hybridized carbons (Fsp3) is 0.286. The molecule has 0 unspecified atom stereocenters. The van der Waals surface area contributed by atoms with E-state index in [0.29, 0.717) is 11.1 Å². The van der Waals surface area contributed by atoms with Crippen molar-refractivity contribution in [3.05, 3.63) is 64.5 Å². The van der Waals surface area contributed by atoms with Crippen LogP contribution in [-0.2, 0) is 6.42 Å². The van der Waals surface area contributed by atoms with Gasteiger partial charge in [0.25, 0.3) is 0 Å². The molecule has 0 amide bonds.